The summed E-state index contributed by atoms with van der Waals surface area (Å²) in [4.78, 5) is 35.9. The van der Waals surface area contributed by atoms with Crippen LogP contribution in [0, 0.1) is 0 Å². The Balaban J connectivity index is -0.0000000146. The van der Waals surface area contributed by atoms with Gasteiger partial charge in [0, 0.05) is 0 Å². The fourth-order valence-corrected chi connectivity index (χ4v) is 0. The van der Waals surface area contributed by atoms with Crippen molar-refractivity contribution in [3.05, 3.63) is 0 Å². The third-order valence-corrected chi connectivity index (χ3v) is 0. The molecule has 0 spiro atoms. The summed E-state index contributed by atoms with van der Waals surface area (Å²) in [6.07, 6.45) is 0. The molecule has 0 unspecified atom stereocenters. The Morgan fingerprint density at radius 2 is 1.09 bits per heavy atom. The molecule has 0 heterocycles. The Labute approximate surface area is 152 Å². The van der Waals surface area contributed by atoms with E-state index in [1.807, 2.05) is 0 Å². The second kappa shape index (κ2) is 13.0. The normalized spacial score (nSPS) is 7.55. The van der Waals surface area contributed by atoms with Crippen LogP contribution in [-0.2, 0) is 9.03 Å². The molecule has 11 heteroatoms. The molecule has 0 aliphatic carbocycles. The van der Waals surface area contributed by atoms with Crippen molar-refractivity contribution in [2.45, 2.75) is 0 Å². The summed E-state index contributed by atoms with van der Waals surface area (Å²) >= 11 is 0. The van der Waals surface area contributed by atoms with Crippen molar-refractivity contribution in [1.29, 1.82) is 0 Å². The minimum Gasteiger partial charge on any atom is -1.00 e. The third-order valence-electron chi connectivity index (χ3n) is 0. The molecule has 60 valence electrons. The zero-order valence-corrected chi connectivity index (χ0v) is 14.1. The molecule has 0 aromatic rings. The summed E-state index contributed by atoms with van der Waals surface area (Å²) in [6.45, 7) is 0. The van der Waals surface area contributed by atoms with E-state index in [1.165, 1.54) is 0 Å². The first-order chi connectivity index (χ1) is 3.73. The van der Waals surface area contributed by atoms with E-state index >= 15 is 0 Å². The molecular formula is H7K2O7PSi. The van der Waals surface area contributed by atoms with E-state index < -0.39 is 17.0 Å². The number of hydrogen-bond acceptors (Lipinski definition) is 2. The van der Waals surface area contributed by atoms with Crippen molar-refractivity contribution >= 4 is 17.0 Å². The summed E-state index contributed by atoms with van der Waals surface area (Å²) in [6, 6.07) is 0. The predicted molar refractivity (Wildman–Crippen MR) is 27.4 cm³/mol. The summed E-state index contributed by atoms with van der Waals surface area (Å²) < 4.78 is 17.6. The average molecular weight is 256 g/mol. The van der Waals surface area contributed by atoms with Crippen LogP contribution in [-0.4, -0.2) is 33.4 Å². The molecule has 0 amide bonds. The number of phosphoric acid groups is 1. The van der Waals surface area contributed by atoms with Crippen molar-refractivity contribution in [3.63, 3.8) is 0 Å². The summed E-state index contributed by atoms with van der Waals surface area (Å²) in [5.74, 6) is 0. The Morgan fingerprint density at radius 1 is 1.09 bits per heavy atom. The van der Waals surface area contributed by atoms with Gasteiger partial charge in [0.15, 0.2) is 0 Å². The monoisotopic (exact) mass is 256 g/mol. The standard InChI is InChI=1S/2K.H3O4P.H2O3Si.2H/c;;1-5(2,3)4;1-4(2)3;;/h;;(H3,1,2,3,4);1-2H;;/q2*+1;;;2*-1. The summed E-state index contributed by atoms with van der Waals surface area (Å²) in [5.41, 5.74) is 0. The maximum atomic E-state index is 8.88. The maximum Gasteiger partial charge on any atom is 1.00 e. The molecule has 0 fully saturated rings. The van der Waals surface area contributed by atoms with E-state index in [0.29, 0.717) is 0 Å². The van der Waals surface area contributed by atoms with Crippen LogP contribution < -0.4 is 103 Å². The van der Waals surface area contributed by atoms with Gasteiger partial charge < -0.3 is 27.1 Å². The van der Waals surface area contributed by atoms with Gasteiger partial charge in [0.1, 0.15) is 0 Å². The molecular weight excluding hydrogens is 249 g/mol. The van der Waals surface area contributed by atoms with Gasteiger partial charge in [-0.3, -0.25) is 4.46 Å². The smallest absolute Gasteiger partial charge is 1.00 e. The van der Waals surface area contributed by atoms with Crippen molar-refractivity contribution in [2.24, 2.45) is 0 Å². The van der Waals surface area contributed by atoms with Crippen molar-refractivity contribution in [3.8, 4) is 0 Å². The second-order valence-electron chi connectivity index (χ2n) is 0.796. The minimum absolute atomic E-state index is 0. The predicted octanol–water partition coefficient (Wildman–Crippen LogP) is -8.31. The fraction of sp³-hybridized carbons (Fsp3) is 0. The molecule has 0 atom stereocenters. The van der Waals surface area contributed by atoms with Crippen LogP contribution in [0.4, 0.5) is 0 Å². The molecule has 0 aliphatic heterocycles. The summed E-state index contributed by atoms with van der Waals surface area (Å²) in [5, 5.41) is 0. The van der Waals surface area contributed by atoms with Crippen LogP contribution in [0.1, 0.15) is 2.85 Å². The maximum absolute atomic E-state index is 8.88. The Hall–Kier alpha value is 3.00. The Kier molecular flexibility index (Phi) is 28.0. The molecule has 0 rings (SSSR count). The SMILES string of the molecule is O=P(O)(O)O.O=[Si](O)O.[H-].[H-].[K+].[K+]. The van der Waals surface area contributed by atoms with E-state index in [2.05, 4.69) is 0 Å². The first kappa shape index (κ1) is 23.7. The third kappa shape index (κ3) is 175. The molecule has 0 saturated carbocycles. The molecule has 7 nitrogen and oxygen atoms in total. The number of rotatable bonds is 0. The summed E-state index contributed by atoms with van der Waals surface area (Å²) in [7, 11) is -7.77. The Morgan fingerprint density at radius 3 is 1.09 bits per heavy atom. The van der Waals surface area contributed by atoms with Gasteiger partial charge in [0.05, 0.1) is 0 Å². The Bertz CT molecular complexity index is 124. The van der Waals surface area contributed by atoms with Crippen molar-refractivity contribution in [1.82, 2.24) is 0 Å². The van der Waals surface area contributed by atoms with Gasteiger partial charge in [0.2, 0.25) is 0 Å². The zero-order valence-electron chi connectivity index (χ0n) is 8.00. The molecule has 0 saturated heterocycles. The van der Waals surface area contributed by atoms with Gasteiger partial charge in [-0.25, -0.2) is 4.57 Å². The van der Waals surface area contributed by atoms with Crippen LogP contribution in [0.15, 0.2) is 0 Å². The second-order valence-corrected chi connectivity index (χ2v) is 2.39. The van der Waals surface area contributed by atoms with Gasteiger partial charge in [-0.2, -0.15) is 0 Å². The minimum atomic E-state index is -4.64. The van der Waals surface area contributed by atoms with Gasteiger partial charge >= 0.3 is 120 Å². The van der Waals surface area contributed by atoms with E-state index in [4.69, 9.17) is 33.3 Å². The van der Waals surface area contributed by atoms with Crippen LogP contribution in [0.5, 0.6) is 0 Å². The van der Waals surface area contributed by atoms with Crippen molar-refractivity contribution in [2.75, 3.05) is 0 Å². The van der Waals surface area contributed by atoms with Crippen molar-refractivity contribution < 1.29 is 139 Å². The topological polar surface area (TPSA) is 135 Å². The largest absolute Gasteiger partial charge is 1.00 e. The van der Waals surface area contributed by atoms with Gasteiger partial charge in [-0.15, -0.1) is 0 Å². The van der Waals surface area contributed by atoms with Gasteiger partial charge in [-0.1, -0.05) is 0 Å². The van der Waals surface area contributed by atoms with E-state index in [1.54, 1.807) is 0 Å². The zero-order chi connectivity index (χ0) is 8.08. The fourth-order valence-electron chi connectivity index (χ4n) is 0. The first-order valence-corrected chi connectivity index (χ1v) is 4.30. The molecule has 0 bridgehead atoms. The van der Waals surface area contributed by atoms with E-state index in [-0.39, 0.29) is 106 Å². The first-order valence-electron chi connectivity index (χ1n) is 1.43. The number of hydrogen-bond donors (Lipinski definition) is 5. The average Bonchev–Trinajstić information content (AvgIpc) is 1.19. The van der Waals surface area contributed by atoms with Crippen LogP contribution in [0.3, 0.4) is 0 Å². The molecule has 0 aromatic heterocycles. The molecule has 0 aromatic carbocycles. The quantitative estimate of drug-likeness (QED) is 0.214. The van der Waals surface area contributed by atoms with E-state index in [0.717, 1.165) is 0 Å². The molecule has 11 heavy (non-hydrogen) atoms. The molecule has 5 N–H and O–H groups in total. The van der Waals surface area contributed by atoms with Crippen LogP contribution in [0.2, 0.25) is 0 Å². The van der Waals surface area contributed by atoms with Crippen LogP contribution in [0.25, 0.3) is 0 Å². The van der Waals surface area contributed by atoms with Crippen LogP contribution >= 0.6 is 7.82 Å². The molecule has 0 radical (unpaired) electrons. The molecule has 0 aliphatic rings. The van der Waals surface area contributed by atoms with Gasteiger partial charge in [-0.05, 0) is 0 Å². The van der Waals surface area contributed by atoms with E-state index in [9.17, 15) is 0 Å². The van der Waals surface area contributed by atoms with Gasteiger partial charge in [0.25, 0.3) is 0 Å².